The summed E-state index contributed by atoms with van der Waals surface area (Å²) in [7, 11) is 0. The summed E-state index contributed by atoms with van der Waals surface area (Å²) < 4.78 is 11.7. The minimum Gasteiger partial charge on any atom is -0.456 e. The van der Waals surface area contributed by atoms with E-state index in [1.807, 2.05) is 36.4 Å². The van der Waals surface area contributed by atoms with E-state index < -0.39 is 0 Å². The van der Waals surface area contributed by atoms with Gasteiger partial charge in [-0.1, -0.05) is 140 Å². The molecule has 0 aliphatic carbocycles. The van der Waals surface area contributed by atoms with Gasteiger partial charge in [0.05, 0.1) is 44.5 Å². The summed E-state index contributed by atoms with van der Waals surface area (Å²) in [6.45, 7) is 0. The average molecular weight is 729 g/mol. The second-order valence-electron chi connectivity index (χ2n) is 14.6. The van der Waals surface area contributed by atoms with Gasteiger partial charge in [-0.05, 0) is 54.6 Å². The maximum absolute atomic E-state index is 6.77. The van der Waals surface area contributed by atoms with Crippen molar-refractivity contribution in [1.29, 1.82) is 0 Å². The van der Waals surface area contributed by atoms with Crippen LogP contribution in [0.3, 0.4) is 0 Å². The summed E-state index contributed by atoms with van der Waals surface area (Å²) in [6, 6.07) is 68.2. The summed E-state index contributed by atoms with van der Waals surface area (Å²) in [5.74, 6) is 0.685. The predicted octanol–water partition coefficient (Wildman–Crippen LogP) is 13.6. The lowest BCUT2D eigenvalue weighted by Gasteiger charge is -2.13. The van der Waals surface area contributed by atoms with E-state index in [0.29, 0.717) is 5.82 Å². The zero-order valence-electron chi connectivity index (χ0n) is 30.7. The number of hydrogen-bond donors (Lipinski definition) is 0. The van der Waals surface area contributed by atoms with Gasteiger partial charge in [0.25, 0.3) is 0 Å². The molecule has 12 aromatic rings. The van der Waals surface area contributed by atoms with Crippen molar-refractivity contribution in [3.05, 3.63) is 194 Å². The van der Waals surface area contributed by atoms with Gasteiger partial charge in [-0.3, -0.25) is 0 Å². The fourth-order valence-electron chi connectivity index (χ4n) is 8.82. The van der Waals surface area contributed by atoms with Crippen molar-refractivity contribution in [2.45, 2.75) is 0 Å². The topological polar surface area (TPSA) is 48.8 Å². The summed E-state index contributed by atoms with van der Waals surface area (Å²) in [4.78, 5) is 10.1. The second kappa shape index (κ2) is 12.4. The quantitative estimate of drug-likeness (QED) is 0.177. The van der Waals surface area contributed by atoms with Gasteiger partial charge in [0.15, 0.2) is 5.82 Å². The molecule has 12 rings (SSSR count). The Bertz CT molecular complexity index is 3450. The molecule has 0 amide bonds. The minimum atomic E-state index is 0.685. The summed E-state index contributed by atoms with van der Waals surface area (Å²) in [5, 5.41) is 6.97. The van der Waals surface area contributed by atoms with Gasteiger partial charge in [-0.2, -0.15) is 0 Å². The Morgan fingerprint density at radius 1 is 0.368 bits per heavy atom. The SMILES string of the molecule is c1ccc(-c2cc(-c3ccc4c(c3)oc3cccc(-n5c6ccccc6c6ccc7c8ccccc8n(-c8ccccc8)c7c65)c34)nc(-c3ccccc3)n2)cc1. The molecule has 0 spiro atoms. The third-order valence-electron chi connectivity index (χ3n) is 11.3. The van der Waals surface area contributed by atoms with E-state index in [0.717, 1.165) is 72.4 Å². The first-order valence-corrected chi connectivity index (χ1v) is 19.3. The van der Waals surface area contributed by atoms with Gasteiger partial charge in [-0.25, -0.2) is 9.97 Å². The predicted molar refractivity (Wildman–Crippen MR) is 234 cm³/mol. The molecule has 0 radical (unpaired) electrons. The fraction of sp³-hybridized carbons (Fsp3) is 0. The standard InChI is InChI=1S/C52H32N4O/c1-4-15-33(16-5-1)42-32-43(54-52(53-42)34-17-6-2-7-18-34)35-27-28-41-48(31-35)57-47-26-14-25-46(49(41)47)56-45-24-13-11-22-38(45)40-30-29-39-37-21-10-12-23-44(37)55(50(39)51(40)56)36-19-8-3-9-20-36/h1-32H. The molecule has 0 N–H and O–H groups in total. The molecule has 0 saturated carbocycles. The Kier molecular flexibility index (Phi) is 6.86. The van der Waals surface area contributed by atoms with Crippen molar-refractivity contribution in [1.82, 2.24) is 19.1 Å². The first-order chi connectivity index (χ1) is 28.3. The molecule has 0 unspecified atom stereocenters. The summed E-state index contributed by atoms with van der Waals surface area (Å²) in [5.41, 5.74) is 13.2. The Hall–Kier alpha value is -7.76. The van der Waals surface area contributed by atoms with Crippen molar-refractivity contribution >= 4 is 65.6 Å². The lowest BCUT2D eigenvalue weighted by Crippen LogP contribution is -1.99. The number of furan rings is 1. The fourth-order valence-corrected chi connectivity index (χ4v) is 8.82. The van der Waals surface area contributed by atoms with Gasteiger partial charge in [0.2, 0.25) is 0 Å². The van der Waals surface area contributed by atoms with Crippen LogP contribution in [-0.4, -0.2) is 19.1 Å². The molecule has 0 atom stereocenters. The molecular weight excluding hydrogens is 697 g/mol. The number of hydrogen-bond acceptors (Lipinski definition) is 3. The van der Waals surface area contributed by atoms with E-state index >= 15 is 0 Å². The molecular formula is C52H32N4O. The number of rotatable bonds is 5. The Morgan fingerprint density at radius 2 is 0.930 bits per heavy atom. The van der Waals surface area contributed by atoms with E-state index in [2.05, 4.69) is 167 Å². The van der Waals surface area contributed by atoms with Crippen molar-refractivity contribution < 1.29 is 4.42 Å². The number of para-hydroxylation sites is 3. The van der Waals surface area contributed by atoms with Gasteiger partial charge >= 0.3 is 0 Å². The highest BCUT2D eigenvalue weighted by molar-refractivity contribution is 6.24. The largest absolute Gasteiger partial charge is 0.456 e. The molecule has 5 nitrogen and oxygen atoms in total. The van der Waals surface area contributed by atoms with Crippen LogP contribution in [0.5, 0.6) is 0 Å². The maximum atomic E-state index is 6.77. The molecule has 0 fully saturated rings. The minimum absolute atomic E-state index is 0.685. The maximum Gasteiger partial charge on any atom is 0.160 e. The van der Waals surface area contributed by atoms with Crippen LogP contribution in [0.2, 0.25) is 0 Å². The van der Waals surface area contributed by atoms with E-state index in [4.69, 9.17) is 14.4 Å². The first-order valence-electron chi connectivity index (χ1n) is 19.3. The van der Waals surface area contributed by atoms with E-state index in [1.54, 1.807) is 0 Å². The van der Waals surface area contributed by atoms with Crippen LogP contribution in [0.25, 0.3) is 111 Å². The van der Waals surface area contributed by atoms with Crippen molar-refractivity contribution in [3.63, 3.8) is 0 Å². The van der Waals surface area contributed by atoms with Crippen molar-refractivity contribution in [2.75, 3.05) is 0 Å². The zero-order valence-corrected chi connectivity index (χ0v) is 30.7. The van der Waals surface area contributed by atoms with Gasteiger partial charge in [0.1, 0.15) is 11.2 Å². The second-order valence-corrected chi connectivity index (χ2v) is 14.6. The van der Waals surface area contributed by atoms with Crippen molar-refractivity contribution in [3.8, 4) is 45.3 Å². The third kappa shape index (κ3) is 4.82. The Labute approximate surface area is 327 Å². The third-order valence-corrected chi connectivity index (χ3v) is 11.3. The Balaban J connectivity index is 1.12. The number of benzene rings is 8. The van der Waals surface area contributed by atoms with Crippen LogP contribution in [0.15, 0.2) is 199 Å². The highest BCUT2D eigenvalue weighted by Gasteiger charge is 2.23. The smallest absolute Gasteiger partial charge is 0.160 e. The van der Waals surface area contributed by atoms with Crippen LogP contribution >= 0.6 is 0 Å². The molecule has 4 heterocycles. The molecule has 4 aromatic heterocycles. The van der Waals surface area contributed by atoms with Crippen LogP contribution in [0.4, 0.5) is 0 Å². The van der Waals surface area contributed by atoms with Crippen LogP contribution < -0.4 is 0 Å². The monoisotopic (exact) mass is 728 g/mol. The van der Waals surface area contributed by atoms with Gasteiger partial charge in [-0.15, -0.1) is 0 Å². The lowest BCUT2D eigenvalue weighted by molar-refractivity contribution is 0.669. The number of fused-ring (bicyclic) bond motifs is 10. The first kappa shape index (κ1) is 31.6. The lowest BCUT2D eigenvalue weighted by atomic mass is 10.0. The van der Waals surface area contributed by atoms with Gasteiger partial charge in [0, 0.05) is 49.3 Å². The van der Waals surface area contributed by atoms with Crippen molar-refractivity contribution in [2.24, 2.45) is 0 Å². The molecule has 0 saturated heterocycles. The highest BCUT2D eigenvalue weighted by Crippen LogP contribution is 2.44. The molecule has 266 valence electrons. The molecule has 0 bridgehead atoms. The normalized spacial score (nSPS) is 11.9. The molecule has 5 heteroatoms. The molecule has 0 aliphatic heterocycles. The van der Waals surface area contributed by atoms with E-state index in [9.17, 15) is 0 Å². The Morgan fingerprint density at radius 3 is 1.63 bits per heavy atom. The van der Waals surface area contributed by atoms with Crippen LogP contribution in [-0.2, 0) is 0 Å². The zero-order chi connectivity index (χ0) is 37.5. The van der Waals surface area contributed by atoms with E-state index in [1.165, 1.54) is 32.6 Å². The van der Waals surface area contributed by atoms with Crippen LogP contribution in [0.1, 0.15) is 0 Å². The van der Waals surface area contributed by atoms with Crippen LogP contribution in [0, 0.1) is 0 Å². The highest BCUT2D eigenvalue weighted by atomic mass is 16.3. The molecule has 8 aromatic carbocycles. The molecule has 57 heavy (non-hydrogen) atoms. The van der Waals surface area contributed by atoms with Gasteiger partial charge < -0.3 is 13.6 Å². The average Bonchev–Trinajstić information content (AvgIpc) is 3.95. The summed E-state index contributed by atoms with van der Waals surface area (Å²) in [6.07, 6.45) is 0. The summed E-state index contributed by atoms with van der Waals surface area (Å²) >= 11 is 0. The van der Waals surface area contributed by atoms with E-state index in [-0.39, 0.29) is 0 Å². The number of aromatic nitrogens is 4. The number of nitrogens with zero attached hydrogens (tertiary/aromatic N) is 4. The molecule has 0 aliphatic rings.